The van der Waals surface area contributed by atoms with Gasteiger partial charge in [-0.3, -0.25) is 5.32 Å². The SMILES string of the molecule is COc1ccc(NC(=O)OC(C)(C)C)cc1CCl. The van der Waals surface area contributed by atoms with E-state index in [1.165, 1.54) is 0 Å². The van der Waals surface area contributed by atoms with E-state index in [-0.39, 0.29) is 0 Å². The van der Waals surface area contributed by atoms with Gasteiger partial charge in [0.15, 0.2) is 0 Å². The maximum atomic E-state index is 11.6. The van der Waals surface area contributed by atoms with Crippen molar-refractivity contribution in [2.75, 3.05) is 12.4 Å². The summed E-state index contributed by atoms with van der Waals surface area (Å²) in [5.41, 5.74) is 0.916. The van der Waals surface area contributed by atoms with E-state index in [2.05, 4.69) is 5.32 Å². The predicted molar refractivity (Wildman–Crippen MR) is 72.4 cm³/mol. The Balaban J connectivity index is 2.76. The Kier molecular flexibility index (Phi) is 4.84. The van der Waals surface area contributed by atoms with Gasteiger partial charge in [0.25, 0.3) is 0 Å². The molecule has 0 atom stereocenters. The lowest BCUT2D eigenvalue weighted by molar-refractivity contribution is 0.0636. The molecule has 1 N–H and O–H groups in total. The Bertz CT molecular complexity index is 427. The first-order valence-electron chi connectivity index (χ1n) is 5.58. The minimum Gasteiger partial charge on any atom is -0.496 e. The molecule has 0 heterocycles. The summed E-state index contributed by atoms with van der Waals surface area (Å²) in [5, 5.41) is 2.65. The van der Waals surface area contributed by atoms with Crippen molar-refractivity contribution in [3.63, 3.8) is 0 Å². The summed E-state index contributed by atoms with van der Waals surface area (Å²) < 4.78 is 10.3. The van der Waals surface area contributed by atoms with Gasteiger partial charge >= 0.3 is 6.09 Å². The first-order chi connectivity index (χ1) is 8.35. The van der Waals surface area contributed by atoms with E-state index in [1.807, 2.05) is 20.8 Å². The topological polar surface area (TPSA) is 47.6 Å². The number of amides is 1. The summed E-state index contributed by atoms with van der Waals surface area (Å²) in [6, 6.07) is 5.25. The van der Waals surface area contributed by atoms with E-state index in [0.717, 1.165) is 5.56 Å². The number of methoxy groups -OCH3 is 1. The standard InChI is InChI=1S/C13H18ClNO3/c1-13(2,3)18-12(16)15-10-5-6-11(17-4)9(7-10)8-14/h5-7H,8H2,1-4H3,(H,15,16). The zero-order valence-corrected chi connectivity index (χ0v) is 11.8. The van der Waals surface area contributed by atoms with Crippen LogP contribution in [0.4, 0.5) is 10.5 Å². The second-order valence-electron chi connectivity index (χ2n) is 4.79. The Labute approximate surface area is 112 Å². The molecule has 1 aromatic carbocycles. The Morgan fingerprint density at radius 2 is 2.06 bits per heavy atom. The van der Waals surface area contributed by atoms with Gasteiger partial charge in [-0.2, -0.15) is 0 Å². The Morgan fingerprint density at radius 1 is 1.39 bits per heavy atom. The zero-order chi connectivity index (χ0) is 13.8. The van der Waals surface area contributed by atoms with Crippen LogP contribution in [0.5, 0.6) is 5.75 Å². The van der Waals surface area contributed by atoms with Crippen LogP contribution in [-0.2, 0) is 10.6 Å². The molecule has 0 aliphatic carbocycles. The molecular weight excluding hydrogens is 254 g/mol. The number of benzene rings is 1. The van der Waals surface area contributed by atoms with E-state index < -0.39 is 11.7 Å². The lowest BCUT2D eigenvalue weighted by atomic mass is 10.2. The van der Waals surface area contributed by atoms with Gasteiger partial charge in [0.05, 0.1) is 13.0 Å². The van der Waals surface area contributed by atoms with Gasteiger partial charge in [-0.15, -0.1) is 11.6 Å². The monoisotopic (exact) mass is 271 g/mol. The van der Waals surface area contributed by atoms with Crippen molar-refractivity contribution in [1.29, 1.82) is 0 Å². The van der Waals surface area contributed by atoms with Gasteiger partial charge in [0, 0.05) is 11.3 Å². The third kappa shape index (κ3) is 4.45. The van der Waals surface area contributed by atoms with Crippen LogP contribution < -0.4 is 10.1 Å². The summed E-state index contributed by atoms with van der Waals surface area (Å²) in [6.45, 7) is 5.43. The number of carbonyl (C=O) groups is 1. The summed E-state index contributed by atoms with van der Waals surface area (Å²) in [4.78, 5) is 11.6. The van der Waals surface area contributed by atoms with Crippen LogP contribution in [0, 0.1) is 0 Å². The van der Waals surface area contributed by atoms with Crippen molar-refractivity contribution in [3.05, 3.63) is 23.8 Å². The fourth-order valence-corrected chi connectivity index (χ4v) is 1.59. The molecule has 0 saturated carbocycles. The van der Waals surface area contributed by atoms with Crippen LogP contribution in [0.3, 0.4) is 0 Å². The van der Waals surface area contributed by atoms with Gasteiger partial charge in [-0.25, -0.2) is 4.79 Å². The minimum absolute atomic E-state index is 0.313. The van der Waals surface area contributed by atoms with Crippen LogP contribution in [0.25, 0.3) is 0 Å². The third-order valence-electron chi connectivity index (χ3n) is 2.07. The molecule has 0 saturated heterocycles. The quantitative estimate of drug-likeness (QED) is 0.851. The van der Waals surface area contributed by atoms with Crippen LogP contribution in [0.2, 0.25) is 0 Å². The van der Waals surface area contributed by atoms with Crippen LogP contribution in [0.1, 0.15) is 26.3 Å². The van der Waals surface area contributed by atoms with Crippen molar-refractivity contribution in [2.45, 2.75) is 32.3 Å². The molecule has 0 radical (unpaired) electrons. The number of halogens is 1. The molecule has 1 aromatic rings. The molecule has 0 aromatic heterocycles. The number of alkyl halides is 1. The van der Waals surface area contributed by atoms with Gasteiger partial charge in [0.2, 0.25) is 0 Å². The summed E-state index contributed by atoms with van der Waals surface area (Å²) in [6.07, 6.45) is -0.492. The van der Waals surface area contributed by atoms with Gasteiger partial charge in [-0.1, -0.05) is 0 Å². The molecule has 0 unspecified atom stereocenters. The average Bonchev–Trinajstić information content (AvgIpc) is 2.26. The largest absolute Gasteiger partial charge is 0.496 e. The molecule has 5 heteroatoms. The highest BCUT2D eigenvalue weighted by Crippen LogP contribution is 2.24. The molecule has 1 amide bonds. The van der Waals surface area contributed by atoms with Gasteiger partial charge in [0.1, 0.15) is 11.4 Å². The van der Waals surface area contributed by atoms with Crippen LogP contribution >= 0.6 is 11.6 Å². The van der Waals surface area contributed by atoms with E-state index in [0.29, 0.717) is 17.3 Å². The highest BCUT2D eigenvalue weighted by molar-refractivity contribution is 6.17. The Morgan fingerprint density at radius 3 is 2.56 bits per heavy atom. The molecule has 100 valence electrons. The normalized spacial score (nSPS) is 10.9. The van der Waals surface area contributed by atoms with E-state index in [1.54, 1.807) is 25.3 Å². The highest BCUT2D eigenvalue weighted by Gasteiger charge is 2.16. The lowest BCUT2D eigenvalue weighted by Gasteiger charge is -2.20. The molecular formula is C13H18ClNO3. The molecule has 4 nitrogen and oxygen atoms in total. The molecule has 1 rings (SSSR count). The molecule has 0 aliphatic heterocycles. The Hall–Kier alpha value is -1.42. The number of hydrogen-bond acceptors (Lipinski definition) is 3. The van der Waals surface area contributed by atoms with E-state index >= 15 is 0 Å². The summed E-state index contributed by atoms with van der Waals surface area (Å²) in [7, 11) is 1.58. The van der Waals surface area contributed by atoms with Crippen molar-refractivity contribution in [1.82, 2.24) is 0 Å². The number of rotatable bonds is 3. The smallest absolute Gasteiger partial charge is 0.412 e. The molecule has 0 aliphatic rings. The van der Waals surface area contributed by atoms with Crippen LogP contribution in [0.15, 0.2) is 18.2 Å². The first kappa shape index (κ1) is 14.6. The van der Waals surface area contributed by atoms with E-state index in [4.69, 9.17) is 21.1 Å². The highest BCUT2D eigenvalue weighted by atomic mass is 35.5. The average molecular weight is 272 g/mol. The van der Waals surface area contributed by atoms with Crippen molar-refractivity contribution in [3.8, 4) is 5.75 Å². The second kappa shape index (κ2) is 5.96. The van der Waals surface area contributed by atoms with Gasteiger partial charge in [-0.05, 0) is 39.0 Å². The maximum Gasteiger partial charge on any atom is 0.412 e. The van der Waals surface area contributed by atoms with Crippen LogP contribution in [-0.4, -0.2) is 18.8 Å². The zero-order valence-electron chi connectivity index (χ0n) is 11.0. The number of nitrogens with one attached hydrogen (secondary N) is 1. The minimum atomic E-state index is -0.522. The second-order valence-corrected chi connectivity index (χ2v) is 5.05. The molecule has 18 heavy (non-hydrogen) atoms. The third-order valence-corrected chi connectivity index (χ3v) is 2.36. The van der Waals surface area contributed by atoms with Crippen molar-refractivity contribution >= 4 is 23.4 Å². The van der Waals surface area contributed by atoms with Crippen molar-refractivity contribution < 1.29 is 14.3 Å². The number of carbonyl (C=O) groups excluding carboxylic acids is 1. The predicted octanol–water partition coefficient (Wildman–Crippen LogP) is 3.78. The first-order valence-corrected chi connectivity index (χ1v) is 6.12. The fourth-order valence-electron chi connectivity index (χ4n) is 1.38. The number of hydrogen-bond donors (Lipinski definition) is 1. The number of ether oxygens (including phenoxy) is 2. The van der Waals surface area contributed by atoms with Gasteiger partial charge < -0.3 is 9.47 Å². The molecule has 0 spiro atoms. The molecule has 0 fully saturated rings. The summed E-state index contributed by atoms with van der Waals surface area (Å²) >= 11 is 5.80. The molecule has 0 bridgehead atoms. The maximum absolute atomic E-state index is 11.6. The fraction of sp³-hybridized carbons (Fsp3) is 0.462. The van der Waals surface area contributed by atoms with E-state index in [9.17, 15) is 4.79 Å². The van der Waals surface area contributed by atoms with Crippen molar-refractivity contribution in [2.24, 2.45) is 0 Å². The number of anilines is 1. The lowest BCUT2D eigenvalue weighted by Crippen LogP contribution is -2.27. The summed E-state index contributed by atoms with van der Waals surface area (Å²) in [5.74, 6) is 1.01.